The van der Waals surface area contributed by atoms with Gasteiger partial charge in [0.15, 0.2) is 0 Å². The highest BCUT2D eigenvalue weighted by atomic mass is 13.2. The molecule has 52 valence electrons. The summed E-state index contributed by atoms with van der Waals surface area (Å²) in [4.78, 5) is 0. The molecule has 0 saturated heterocycles. The smallest absolute Gasteiger partial charge is 0.0560 e. The molecule has 0 atom stereocenters. The highest BCUT2D eigenvalue weighted by Crippen LogP contribution is 1.95. The van der Waals surface area contributed by atoms with Crippen LogP contribution in [0, 0.1) is 0 Å². The Labute approximate surface area is 85.6 Å². The summed E-state index contributed by atoms with van der Waals surface area (Å²) in [5.41, 5.74) is 0. The first-order chi connectivity index (χ1) is 5.37. The van der Waals surface area contributed by atoms with Crippen molar-refractivity contribution >= 4 is 78.5 Å². The van der Waals surface area contributed by atoms with Crippen molar-refractivity contribution in [3.63, 3.8) is 0 Å². The van der Waals surface area contributed by atoms with Crippen LogP contribution >= 0.6 is 0 Å². The molecule has 0 fully saturated rings. The molecule has 12 heavy (non-hydrogen) atoms. The normalized spacial score (nSPS) is 8.75. The van der Waals surface area contributed by atoms with Crippen LogP contribution in [0.25, 0.3) is 0 Å². The van der Waals surface area contributed by atoms with Gasteiger partial charge in [-0.15, -0.1) is 6.82 Å². The lowest BCUT2D eigenvalue weighted by molar-refractivity contribution is 2.32. The van der Waals surface area contributed by atoms with Crippen LogP contribution in [0.2, 0.25) is 6.82 Å². The lowest BCUT2D eigenvalue weighted by Gasteiger charge is -2.26. The third-order valence-electron chi connectivity index (χ3n) is 3.20. The summed E-state index contributed by atoms with van der Waals surface area (Å²) in [5, 5.41) is 0. The zero-order chi connectivity index (χ0) is 9.89. The monoisotopic (exact) mass is 148 g/mol. The van der Waals surface area contributed by atoms with E-state index in [1.807, 2.05) is 0 Å². The lowest BCUT2D eigenvalue weighted by Crippen LogP contribution is -2.65. The van der Waals surface area contributed by atoms with Crippen molar-refractivity contribution in [1.29, 1.82) is 0 Å². The summed E-state index contributed by atoms with van der Waals surface area (Å²) in [5.74, 6) is 0. The molecule has 0 aromatic heterocycles. The average molecular weight is 146 g/mol. The Kier molecular flexibility index (Phi) is 5.77. The second kappa shape index (κ2) is 5.45. The van der Waals surface area contributed by atoms with Crippen molar-refractivity contribution in [2.24, 2.45) is 0 Å². The predicted molar refractivity (Wildman–Crippen MR) is 85.9 cm³/mol. The van der Waals surface area contributed by atoms with E-state index in [2.05, 4.69) is 53.2 Å². The van der Waals surface area contributed by atoms with E-state index < -0.39 is 0 Å². The first kappa shape index (κ1) is 12.7. The summed E-state index contributed by atoms with van der Waals surface area (Å²) in [6, 6.07) is 0. The molecular formula is CH15B11. The van der Waals surface area contributed by atoms with Crippen LogP contribution in [0.1, 0.15) is 0 Å². The summed E-state index contributed by atoms with van der Waals surface area (Å²) >= 11 is 0. The Morgan fingerprint density at radius 2 is 1.00 bits per heavy atom. The van der Waals surface area contributed by atoms with E-state index in [-0.39, 0.29) is 0 Å². The number of rotatable bonds is 4. The predicted octanol–water partition coefficient (Wildman–Crippen LogP) is -6.82. The summed E-state index contributed by atoms with van der Waals surface area (Å²) in [7, 11) is 14.1. The van der Waals surface area contributed by atoms with E-state index in [1.54, 1.807) is 0 Å². The third kappa shape index (κ3) is 3.62. The van der Waals surface area contributed by atoms with Crippen molar-refractivity contribution in [1.82, 2.24) is 0 Å². The molecule has 0 rings (SSSR count). The lowest BCUT2D eigenvalue weighted by atomic mass is 8.55. The SMILES string of the molecule is BB(B)B(C)B(B(B)B)B(B)B. The van der Waals surface area contributed by atoms with Crippen molar-refractivity contribution in [3.05, 3.63) is 0 Å². The van der Waals surface area contributed by atoms with Gasteiger partial charge in [-0.2, -0.15) is 0 Å². The molecule has 0 nitrogen and oxygen atoms in total. The largest absolute Gasteiger partial charge is 0.101 e. The van der Waals surface area contributed by atoms with Gasteiger partial charge in [-0.25, -0.2) is 0 Å². The molecule has 0 spiro atoms. The summed E-state index contributed by atoms with van der Waals surface area (Å²) in [6.07, 6.45) is 3.34. The van der Waals surface area contributed by atoms with Gasteiger partial charge in [0.1, 0.15) is 0 Å². The van der Waals surface area contributed by atoms with Gasteiger partial charge in [0.25, 0.3) is 0 Å². The van der Waals surface area contributed by atoms with E-state index in [9.17, 15) is 0 Å². The van der Waals surface area contributed by atoms with Gasteiger partial charge in [-0.3, -0.25) is 0 Å². The van der Waals surface area contributed by atoms with Crippen molar-refractivity contribution < 1.29 is 0 Å². The summed E-state index contributed by atoms with van der Waals surface area (Å²) in [6.45, 7) is 3.25. The number of hydrogen-bond donors (Lipinski definition) is 0. The van der Waals surface area contributed by atoms with Gasteiger partial charge in [-0.1, -0.05) is 0 Å². The van der Waals surface area contributed by atoms with E-state index >= 15 is 0 Å². The van der Waals surface area contributed by atoms with Crippen LogP contribution in [0.15, 0.2) is 0 Å². The maximum absolute atomic E-state index is 2.40. The van der Waals surface area contributed by atoms with Crippen LogP contribution in [0.3, 0.4) is 0 Å². The first-order valence-electron chi connectivity index (χ1n) is 5.37. The van der Waals surface area contributed by atoms with E-state index in [0.717, 1.165) is 32.0 Å². The number of hydrogen-bond acceptors (Lipinski definition) is 0. The van der Waals surface area contributed by atoms with E-state index in [1.165, 1.54) is 0 Å². The van der Waals surface area contributed by atoms with Gasteiger partial charge in [0, 0.05) is 32.0 Å². The molecule has 0 radical (unpaired) electrons. The molecule has 0 amide bonds. The molecule has 0 aliphatic rings. The summed E-state index contributed by atoms with van der Waals surface area (Å²) < 4.78 is 0. The van der Waals surface area contributed by atoms with Crippen LogP contribution in [-0.2, 0) is 0 Å². The van der Waals surface area contributed by atoms with Gasteiger partial charge < -0.3 is 0 Å². The Bertz CT molecular complexity index is 108. The van der Waals surface area contributed by atoms with Crippen LogP contribution in [0.5, 0.6) is 0 Å². The minimum atomic E-state index is 0.819. The van der Waals surface area contributed by atoms with Crippen molar-refractivity contribution in [2.45, 2.75) is 6.82 Å². The molecule has 0 bridgehead atoms. The maximum Gasteiger partial charge on any atom is 0.0560 e. The molecular weight excluding hydrogens is 131 g/mol. The minimum Gasteiger partial charge on any atom is -0.101 e. The van der Waals surface area contributed by atoms with Crippen molar-refractivity contribution in [3.8, 4) is 0 Å². The highest BCUT2D eigenvalue weighted by molar-refractivity contribution is 8.00. The molecule has 0 aromatic carbocycles. The Morgan fingerprint density at radius 1 is 0.667 bits per heavy atom. The van der Waals surface area contributed by atoms with Gasteiger partial charge in [-0.05, 0) is 0 Å². The van der Waals surface area contributed by atoms with Gasteiger partial charge in [0.05, 0.1) is 46.4 Å². The molecule has 0 aliphatic carbocycles. The van der Waals surface area contributed by atoms with E-state index in [0.29, 0.717) is 0 Å². The second-order valence-electron chi connectivity index (χ2n) is 5.17. The maximum atomic E-state index is 2.40. The quantitative estimate of drug-likeness (QED) is 0.346. The highest BCUT2D eigenvalue weighted by Gasteiger charge is 2.32. The van der Waals surface area contributed by atoms with Gasteiger partial charge in [0.2, 0.25) is 0 Å². The molecule has 0 saturated carbocycles. The molecule has 0 unspecified atom stereocenters. The van der Waals surface area contributed by atoms with Gasteiger partial charge >= 0.3 is 0 Å². The molecule has 11 heteroatoms. The third-order valence-corrected chi connectivity index (χ3v) is 3.20. The fourth-order valence-electron chi connectivity index (χ4n) is 2.43. The first-order valence-corrected chi connectivity index (χ1v) is 5.37. The fourth-order valence-corrected chi connectivity index (χ4v) is 2.43. The Morgan fingerprint density at radius 3 is 1.08 bits per heavy atom. The minimum absolute atomic E-state index is 0.819. The molecule has 0 heterocycles. The van der Waals surface area contributed by atoms with E-state index in [4.69, 9.17) is 0 Å². The van der Waals surface area contributed by atoms with Crippen LogP contribution < -0.4 is 0 Å². The van der Waals surface area contributed by atoms with Crippen LogP contribution in [-0.4, -0.2) is 78.5 Å². The second-order valence-corrected chi connectivity index (χ2v) is 5.17. The molecule has 0 N–H and O–H groups in total. The zero-order valence-corrected chi connectivity index (χ0v) is 9.89. The zero-order valence-electron chi connectivity index (χ0n) is 9.89. The topological polar surface area (TPSA) is 0 Å². The standard InChI is InChI=1S/CH15B11/c1-8(9(2)3)12(10(4)5)11(6)7/h2-7H2,1H3. The molecule has 0 aliphatic heterocycles. The van der Waals surface area contributed by atoms with Crippen molar-refractivity contribution in [2.75, 3.05) is 0 Å². The Hall–Kier alpha value is 0.714. The Balaban J connectivity index is 4.30. The average Bonchev–Trinajstić information content (AvgIpc) is 1.85. The fraction of sp³-hybridized carbons (Fsp3) is 1.00. The van der Waals surface area contributed by atoms with Crippen LogP contribution in [0.4, 0.5) is 0 Å². The molecule has 0 aromatic rings.